The van der Waals surface area contributed by atoms with E-state index in [1.54, 1.807) is 6.07 Å². The Bertz CT molecular complexity index is 628. The predicted molar refractivity (Wildman–Crippen MR) is 95.4 cm³/mol. The summed E-state index contributed by atoms with van der Waals surface area (Å²) in [6.07, 6.45) is 1.92. The van der Waals surface area contributed by atoms with Gasteiger partial charge in [0.15, 0.2) is 0 Å². The molecule has 0 bridgehead atoms. The molecule has 118 valence electrons. The van der Waals surface area contributed by atoms with Gasteiger partial charge in [0.1, 0.15) is 5.75 Å². The van der Waals surface area contributed by atoms with Crippen LogP contribution in [0.2, 0.25) is 10.0 Å². The summed E-state index contributed by atoms with van der Waals surface area (Å²) in [5, 5.41) is 4.63. The Hall–Kier alpha value is -1.38. The van der Waals surface area contributed by atoms with Crippen molar-refractivity contribution in [2.45, 2.75) is 33.2 Å². The molecule has 1 N–H and O–H groups in total. The van der Waals surface area contributed by atoms with Crippen LogP contribution in [0.4, 0.5) is 5.69 Å². The molecule has 0 aliphatic rings. The fourth-order valence-corrected chi connectivity index (χ4v) is 2.89. The topological polar surface area (TPSA) is 21.3 Å². The number of para-hydroxylation sites is 1. The highest BCUT2D eigenvalue weighted by Crippen LogP contribution is 2.33. The lowest BCUT2D eigenvalue weighted by atomic mass is 10.1. The predicted octanol–water partition coefficient (Wildman–Crippen LogP) is 5.96. The third kappa shape index (κ3) is 4.31. The molecule has 0 fully saturated rings. The molecule has 0 saturated heterocycles. The first-order chi connectivity index (χ1) is 10.7. The maximum atomic E-state index is 6.27. The molecule has 2 rings (SSSR count). The highest BCUT2D eigenvalue weighted by Gasteiger charge is 2.11. The Morgan fingerprint density at radius 3 is 2.55 bits per heavy atom. The van der Waals surface area contributed by atoms with Gasteiger partial charge in [-0.3, -0.25) is 0 Å². The Labute approximate surface area is 142 Å². The van der Waals surface area contributed by atoms with Crippen LogP contribution in [0, 0.1) is 0 Å². The molecule has 22 heavy (non-hydrogen) atoms. The van der Waals surface area contributed by atoms with Gasteiger partial charge < -0.3 is 10.1 Å². The van der Waals surface area contributed by atoms with Gasteiger partial charge >= 0.3 is 0 Å². The zero-order chi connectivity index (χ0) is 15.9. The summed E-state index contributed by atoms with van der Waals surface area (Å²) >= 11 is 12.4. The van der Waals surface area contributed by atoms with Crippen molar-refractivity contribution in [1.29, 1.82) is 0 Å². The smallest absolute Gasteiger partial charge is 0.142 e. The first-order valence-corrected chi connectivity index (χ1v) is 8.33. The minimum absolute atomic E-state index is 0.557. The summed E-state index contributed by atoms with van der Waals surface area (Å²) in [6.45, 7) is 5.47. The Morgan fingerprint density at radius 2 is 1.82 bits per heavy atom. The summed E-state index contributed by atoms with van der Waals surface area (Å²) in [7, 11) is 0. The number of hydrogen-bond donors (Lipinski definition) is 1. The molecule has 0 spiro atoms. The molecule has 0 atom stereocenters. The number of nitrogens with one attached hydrogen (secondary N) is 1. The van der Waals surface area contributed by atoms with Crippen molar-refractivity contribution in [2.24, 2.45) is 0 Å². The fourth-order valence-electron chi connectivity index (χ4n) is 2.30. The van der Waals surface area contributed by atoms with Gasteiger partial charge in [-0.15, -0.1) is 0 Å². The third-order valence-electron chi connectivity index (χ3n) is 3.40. The largest absolute Gasteiger partial charge is 0.492 e. The average molecular weight is 338 g/mol. The lowest BCUT2D eigenvalue weighted by Crippen LogP contribution is -2.06. The van der Waals surface area contributed by atoms with E-state index >= 15 is 0 Å². The van der Waals surface area contributed by atoms with Gasteiger partial charge in [-0.2, -0.15) is 0 Å². The Morgan fingerprint density at radius 1 is 1.05 bits per heavy atom. The van der Waals surface area contributed by atoms with Crippen molar-refractivity contribution < 1.29 is 4.74 Å². The van der Waals surface area contributed by atoms with Crippen LogP contribution in [0.5, 0.6) is 5.75 Å². The summed E-state index contributed by atoms with van der Waals surface area (Å²) in [5.41, 5.74) is 3.38. The maximum Gasteiger partial charge on any atom is 0.142 e. The van der Waals surface area contributed by atoms with Crippen LogP contribution < -0.4 is 10.1 Å². The highest BCUT2D eigenvalue weighted by atomic mass is 35.5. The van der Waals surface area contributed by atoms with Gasteiger partial charge in [-0.05, 0) is 36.6 Å². The van der Waals surface area contributed by atoms with E-state index in [1.165, 1.54) is 5.56 Å². The normalized spacial score (nSPS) is 10.5. The summed E-state index contributed by atoms with van der Waals surface area (Å²) in [6, 6.07) is 11.9. The van der Waals surface area contributed by atoms with E-state index in [9.17, 15) is 0 Å². The highest BCUT2D eigenvalue weighted by molar-refractivity contribution is 6.35. The molecule has 0 saturated carbocycles. The van der Waals surface area contributed by atoms with E-state index in [2.05, 4.69) is 37.4 Å². The number of anilines is 1. The number of aryl methyl sites for hydroxylation is 1. The minimum atomic E-state index is 0.557. The summed E-state index contributed by atoms with van der Waals surface area (Å²) in [5.74, 6) is 0.717. The second kappa shape index (κ2) is 8.30. The van der Waals surface area contributed by atoms with Crippen molar-refractivity contribution in [3.05, 3.63) is 57.6 Å². The van der Waals surface area contributed by atoms with Crippen LogP contribution in [0.1, 0.15) is 31.4 Å². The SMILES string of the molecule is CCCOc1c(Cl)cc(Cl)cc1CNc1ccccc1CC. The van der Waals surface area contributed by atoms with Crippen molar-refractivity contribution in [3.63, 3.8) is 0 Å². The summed E-state index contributed by atoms with van der Waals surface area (Å²) in [4.78, 5) is 0. The first kappa shape index (κ1) is 17.0. The van der Waals surface area contributed by atoms with Gasteiger partial charge in [-0.25, -0.2) is 0 Å². The van der Waals surface area contributed by atoms with Crippen LogP contribution in [0.3, 0.4) is 0 Å². The molecule has 0 aliphatic heterocycles. The average Bonchev–Trinajstić information content (AvgIpc) is 2.52. The molecule has 0 unspecified atom stereocenters. The number of hydrogen-bond acceptors (Lipinski definition) is 2. The number of benzene rings is 2. The monoisotopic (exact) mass is 337 g/mol. The van der Waals surface area contributed by atoms with E-state index in [-0.39, 0.29) is 0 Å². The molecule has 2 aromatic carbocycles. The Balaban J connectivity index is 2.21. The van der Waals surface area contributed by atoms with Crippen molar-refractivity contribution in [1.82, 2.24) is 0 Å². The van der Waals surface area contributed by atoms with Crippen molar-refractivity contribution in [3.8, 4) is 5.75 Å². The fraction of sp³-hybridized carbons (Fsp3) is 0.333. The third-order valence-corrected chi connectivity index (χ3v) is 3.90. The van der Waals surface area contributed by atoms with E-state index in [0.29, 0.717) is 23.2 Å². The van der Waals surface area contributed by atoms with Crippen LogP contribution in [-0.4, -0.2) is 6.61 Å². The zero-order valence-electron chi connectivity index (χ0n) is 13.0. The lowest BCUT2D eigenvalue weighted by molar-refractivity contribution is 0.314. The van der Waals surface area contributed by atoms with Crippen molar-refractivity contribution >= 4 is 28.9 Å². The number of halogens is 2. The molecule has 0 aliphatic carbocycles. The van der Waals surface area contributed by atoms with Crippen LogP contribution in [-0.2, 0) is 13.0 Å². The molecule has 0 radical (unpaired) electrons. The van der Waals surface area contributed by atoms with Gasteiger partial charge in [0.2, 0.25) is 0 Å². The van der Waals surface area contributed by atoms with Gasteiger partial charge in [-0.1, -0.05) is 55.2 Å². The van der Waals surface area contributed by atoms with Crippen LogP contribution in [0.25, 0.3) is 0 Å². The molecule has 2 aromatic rings. The van der Waals surface area contributed by atoms with Gasteiger partial charge in [0.05, 0.1) is 11.6 Å². The minimum Gasteiger partial charge on any atom is -0.492 e. The van der Waals surface area contributed by atoms with Crippen molar-refractivity contribution in [2.75, 3.05) is 11.9 Å². The van der Waals surface area contributed by atoms with Crippen LogP contribution in [0.15, 0.2) is 36.4 Å². The Kier molecular flexibility index (Phi) is 6.41. The van der Waals surface area contributed by atoms with Gasteiger partial charge in [0, 0.05) is 22.8 Å². The molecule has 0 heterocycles. The quantitative estimate of drug-likeness (QED) is 0.673. The molecule has 0 amide bonds. The number of rotatable bonds is 7. The van der Waals surface area contributed by atoms with E-state index in [1.807, 2.05) is 12.1 Å². The standard InChI is InChI=1S/C18H21Cl2NO/c1-3-9-22-18-14(10-15(19)11-16(18)20)12-21-17-8-6-5-7-13(17)4-2/h5-8,10-11,21H,3-4,9,12H2,1-2H3. The van der Waals surface area contributed by atoms with E-state index < -0.39 is 0 Å². The molecular formula is C18H21Cl2NO. The summed E-state index contributed by atoms with van der Waals surface area (Å²) < 4.78 is 5.79. The van der Waals surface area contributed by atoms with E-state index in [4.69, 9.17) is 27.9 Å². The first-order valence-electron chi connectivity index (χ1n) is 7.58. The zero-order valence-corrected chi connectivity index (χ0v) is 14.5. The number of ether oxygens (including phenoxy) is 1. The molecule has 0 aromatic heterocycles. The molecule has 2 nitrogen and oxygen atoms in total. The van der Waals surface area contributed by atoms with Crippen LogP contribution >= 0.6 is 23.2 Å². The lowest BCUT2D eigenvalue weighted by Gasteiger charge is -2.16. The second-order valence-corrected chi connectivity index (χ2v) is 5.93. The maximum absolute atomic E-state index is 6.27. The second-order valence-electron chi connectivity index (χ2n) is 5.09. The van der Waals surface area contributed by atoms with Gasteiger partial charge in [0.25, 0.3) is 0 Å². The van der Waals surface area contributed by atoms with E-state index in [0.717, 1.165) is 29.8 Å². The molecule has 4 heteroatoms. The molecular weight excluding hydrogens is 317 g/mol.